The van der Waals surface area contributed by atoms with Crippen molar-refractivity contribution >= 4 is 11.4 Å². The van der Waals surface area contributed by atoms with Crippen LogP contribution in [0.4, 0.5) is 15.8 Å². The maximum atomic E-state index is 13.6. The zero-order valence-electron chi connectivity index (χ0n) is 11.1. The van der Waals surface area contributed by atoms with E-state index in [9.17, 15) is 4.39 Å². The first-order valence-corrected chi connectivity index (χ1v) is 5.86. The highest BCUT2D eigenvalue weighted by Gasteiger charge is 2.07. The van der Waals surface area contributed by atoms with E-state index in [4.69, 9.17) is 14.7 Å². The molecule has 0 aliphatic heterocycles. The van der Waals surface area contributed by atoms with E-state index in [0.717, 1.165) is 0 Å². The second kappa shape index (κ2) is 5.93. The van der Waals surface area contributed by atoms with Gasteiger partial charge in [-0.3, -0.25) is 0 Å². The highest BCUT2D eigenvalue weighted by molar-refractivity contribution is 5.68. The summed E-state index contributed by atoms with van der Waals surface area (Å²) in [5, 5.41) is 12.1. The largest absolute Gasteiger partial charge is 0.497 e. The summed E-state index contributed by atoms with van der Waals surface area (Å²) in [5.41, 5.74) is 1.52. The molecule has 20 heavy (non-hydrogen) atoms. The monoisotopic (exact) mass is 272 g/mol. The van der Waals surface area contributed by atoms with Crippen molar-refractivity contribution in [1.29, 1.82) is 5.26 Å². The first-order valence-electron chi connectivity index (χ1n) is 5.86. The highest BCUT2D eigenvalue weighted by Crippen LogP contribution is 2.27. The fraction of sp³-hybridized carbons (Fsp3) is 0.133. The smallest absolute Gasteiger partial charge is 0.167 e. The Hall–Kier alpha value is -2.74. The van der Waals surface area contributed by atoms with E-state index in [1.165, 1.54) is 26.4 Å². The van der Waals surface area contributed by atoms with E-state index in [-0.39, 0.29) is 5.75 Å². The molecule has 0 aliphatic rings. The summed E-state index contributed by atoms with van der Waals surface area (Å²) in [4.78, 5) is 0. The Morgan fingerprint density at radius 3 is 2.50 bits per heavy atom. The van der Waals surface area contributed by atoms with Gasteiger partial charge in [0.15, 0.2) is 11.6 Å². The fourth-order valence-corrected chi connectivity index (χ4v) is 1.75. The van der Waals surface area contributed by atoms with Crippen LogP contribution in [0.15, 0.2) is 36.4 Å². The summed E-state index contributed by atoms with van der Waals surface area (Å²) in [5.74, 6) is 0.307. The molecule has 0 amide bonds. The van der Waals surface area contributed by atoms with Crippen molar-refractivity contribution in [3.8, 4) is 17.6 Å². The molecule has 0 bridgehead atoms. The Balaban J connectivity index is 2.34. The number of anilines is 2. The number of ether oxygens (including phenoxy) is 2. The molecule has 5 heteroatoms. The van der Waals surface area contributed by atoms with Gasteiger partial charge in [0, 0.05) is 17.8 Å². The van der Waals surface area contributed by atoms with Gasteiger partial charge in [-0.1, -0.05) is 0 Å². The molecule has 0 saturated heterocycles. The van der Waals surface area contributed by atoms with E-state index in [1.807, 2.05) is 0 Å². The molecule has 0 radical (unpaired) electrons. The third kappa shape index (κ3) is 2.81. The van der Waals surface area contributed by atoms with Crippen LogP contribution in [0.25, 0.3) is 0 Å². The van der Waals surface area contributed by atoms with Gasteiger partial charge in [-0.25, -0.2) is 4.39 Å². The van der Waals surface area contributed by atoms with Crippen LogP contribution in [0.3, 0.4) is 0 Å². The Bertz CT molecular complexity index is 665. The summed E-state index contributed by atoms with van der Waals surface area (Å²) in [6, 6.07) is 11.6. The molecule has 0 aliphatic carbocycles. The minimum atomic E-state index is -0.473. The average molecular weight is 272 g/mol. The Morgan fingerprint density at radius 1 is 1.10 bits per heavy atom. The number of hydrogen-bond acceptors (Lipinski definition) is 4. The van der Waals surface area contributed by atoms with Crippen LogP contribution in [0.2, 0.25) is 0 Å². The number of benzene rings is 2. The van der Waals surface area contributed by atoms with E-state index >= 15 is 0 Å². The molecule has 0 atom stereocenters. The maximum absolute atomic E-state index is 13.6. The molecule has 0 saturated carbocycles. The van der Waals surface area contributed by atoms with E-state index in [0.29, 0.717) is 22.7 Å². The second-order valence-electron chi connectivity index (χ2n) is 4.00. The number of nitriles is 1. The van der Waals surface area contributed by atoms with Gasteiger partial charge in [-0.05, 0) is 24.3 Å². The number of halogens is 1. The van der Waals surface area contributed by atoms with Crippen molar-refractivity contribution in [2.75, 3.05) is 19.5 Å². The van der Waals surface area contributed by atoms with Crippen LogP contribution in [0.1, 0.15) is 5.56 Å². The zero-order valence-corrected chi connectivity index (χ0v) is 11.1. The van der Waals surface area contributed by atoms with E-state index in [2.05, 4.69) is 11.4 Å². The second-order valence-corrected chi connectivity index (χ2v) is 4.00. The molecule has 4 nitrogen and oxygen atoms in total. The Kier molecular flexibility index (Phi) is 4.06. The highest BCUT2D eigenvalue weighted by atomic mass is 19.1. The van der Waals surface area contributed by atoms with Gasteiger partial charge in [0.05, 0.1) is 25.5 Å². The molecule has 102 valence electrons. The minimum absolute atomic E-state index is 0.168. The van der Waals surface area contributed by atoms with Crippen molar-refractivity contribution < 1.29 is 13.9 Å². The van der Waals surface area contributed by atoms with Crippen LogP contribution in [-0.4, -0.2) is 14.2 Å². The van der Waals surface area contributed by atoms with Gasteiger partial charge >= 0.3 is 0 Å². The van der Waals surface area contributed by atoms with Crippen LogP contribution in [0.5, 0.6) is 11.5 Å². The lowest BCUT2D eigenvalue weighted by molar-refractivity contribution is 0.386. The molecule has 0 unspecified atom stereocenters. The molecule has 1 N–H and O–H groups in total. The number of methoxy groups -OCH3 is 2. The number of rotatable bonds is 4. The molecule has 0 fully saturated rings. The van der Waals surface area contributed by atoms with E-state index < -0.39 is 5.82 Å². The van der Waals surface area contributed by atoms with Gasteiger partial charge in [0.1, 0.15) is 11.8 Å². The first kappa shape index (κ1) is 13.7. The first-order chi connectivity index (χ1) is 9.67. The number of nitrogens with zero attached hydrogens (tertiary/aromatic N) is 1. The molecular weight excluding hydrogens is 259 g/mol. The Morgan fingerprint density at radius 2 is 1.90 bits per heavy atom. The number of nitrogens with one attached hydrogen (secondary N) is 1. The molecule has 0 heterocycles. The van der Waals surface area contributed by atoms with Gasteiger partial charge in [-0.2, -0.15) is 5.26 Å². The third-order valence-electron chi connectivity index (χ3n) is 2.78. The summed E-state index contributed by atoms with van der Waals surface area (Å²) < 4.78 is 23.6. The summed E-state index contributed by atoms with van der Waals surface area (Å²) in [6.07, 6.45) is 0. The quantitative estimate of drug-likeness (QED) is 0.926. The minimum Gasteiger partial charge on any atom is -0.497 e. The fourth-order valence-electron chi connectivity index (χ4n) is 1.75. The van der Waals surface area contributed by atoms with E-state index in [1.54, 1.807) is 24.3 Å². The lowest BCUT2D eigenvalue weighted by atomic mass is 10.1. The van der Waals surface area contributed by atoms with Gasteiger partial charge in [0.25, 0.3) is 0 Å². The SMILES string of the molecule is COc1ccc(C#N)c(Nc2ccc(OC)c(F)c2)c1. The van der Waals surface area contributed by atoms with Gasteiger partial charge < -0.3 is 14.8 Å². The molecule has 0 aromatic heterocycles. The Labute approximate surface area is 116 Å². The van der Waals surface area contributed by atoms with Crippen LogP contribution < -0.4 is 14.8 Å². The predicted molar refractivity (Wildman–Crippen MR) is 73.9 cm³/mol. The predicted octanol–water partition coefficient (Wildman–Crippen LogP) is 3.46. The molecule has 0 spiro atoms. The molecule has 2 rings (SSSR count). The normalized spacial score (nSPS) is 9.70. The van der Waals surface area contributed by atoms with Gasteiger partial charge in [0.2, 0.25) is 0 Å². The van der Waals surface area contributed by atoms with Gasteiger partial charge in [-0.15, -0.1) is 0 Å². The summed E-state index contributed by atoms with van der Waals surface area (Å²) >= 11 is 0. The van der Waals surface area contributed by atoms with Crippen LogP contribution >= 0.6 is 0 Å². The van der Waals surface area contributed by atoms with Crippen molar-refractivity contribution in [2.24, 2.45) is 0 Å². The van der Waals surface area contributed by atoms with Crippen molar-refractivity contribution in [1.82, 2.24) is 0 Å². The zero-order chi connectivity index (χ0) is 14.5. The lowest BCUT2D eigenvalue weighted by Crippen LogP contribution is -1.96. The molecule has 2 aromatic carbocycles. The molecular formula is C15H13FN2O2. The summed E-state index contributed by atoms with van der Waals surface area (Å²) in [6.45, 7) is 0. The van der Waals surface area contributed by atoms with Crippen LogP contribution in [-0.2, 0) is 0 Å². The van der Waals surface area contributed by atoms with Crippen LogP contribution in [0, 0.1) is 17.1 Å². The lowest BCUT2D eigenvalue weighted by Gasteiger charge is -2.11. The number of hydrogen-bond donors (Lipinski definition) is 1. The standard InChI is InChI=1S/C15H13FN2O2/c1-19-12-5-3-10(9-17)14(8-12)18-11-4-6-15(20-2)13(16)7-11/h3-8,18H,1-2H3. The third-order valence-corrected chi connectivity index (χ3v) is 2.78. The average Bonchev–Trinajstić information content (AvgIpc) is 2.47. The summed E-state index contributed by atoms with van der Waals surface area (Å²) in [7, 11) is 2.94. The topological polar surface area (TPSA) is 54.3 Å². The molecule has 2 aromatic rings. The van der Waals surface area contributed by atoms with Crippen molar-refractivity contribution in [2.45, 2.75) is 0 Å². The van der Waals surface area contributed by atoms with Crippen molar-refractivity contribution in [3.63, 3.8) is 0 Å². The van der Waals surface area contributed by atoms with Crippen molar-refractivity contribution in [3.05, 3.63) is 47.8 Å². The maximum Gasteiger partial charge on any atom is 0.167 e.